The number of aliphatic imine (C=N–C) groups is 1. The molecule has 0 fully saturated rings. The molecule has 2 rings (SSSR count). The molecule has 0 saturated heterocycles. The van der Waals surface area contributed by atoms with Crippen LogP contribution in [0.15, 0.2) is 58.4 Å². The second-order valence-corrected chi connectivity index (χ2v) is 7.23. The average Bonchev–Trinajstić information content (AvgIpc) is 2.61. The van der Waals surface area contributed by atoms with Crippen LogP contribution in [0, 0.1) is 0 Å². The van der Waals surface area contributed by atoms with E-state index in [4.69, 9.17) is 5.14 Å². The standard InChI is InChI=1S/C17H19F3N4O2S.HI/c1-22-16(23-10-12-5-7-14(8-6-12)17(18,19)20)24-11-13-3-2-4-15(9-13)27(21,25)26;/h2-9H,10-11H2,1H3,(H2,21,25,26)(H2,22,23,24);1H. The molecule has 0 saturated carbocycles. The van der Waals surface area contributed by atoms with Crippen molar-refractivity contribution in [1.82, 2.24) is 10.6 Å². The molecule has 0 atom stereocenters. The van der Waals surface area contributed by atoms with Gasteiger partial charge in [-0.25, -0.2) is 13.6 Å². The first-order chi connectivity index (χ1) is 12.6. The first kappa shape index (κ1) is 24.2. The number of hydrogen-bond acceptors (Lipinski definition) is 3. The SMILES string of the molecule is CN=C(NCc1ccc(C(F)(F)F)cc1)NCc1cccc(S(N)(=O)=O)c1.I. The summed E-state index contributed by atoms with van der Waals surface area (Å²) in [7, 11) is -2.24. The van der Waals surface area contributed by atoms with Gasteiger partial charge in [0.2, 0.25) is 10.0 Å². The number of nitrogens with two attached hydrogens (primary N) is 1. The van der Waals surface area contributed by atoms with Crippen LogP contribution in [0.1, 0.15) is 16.7 Å². The average molecular weight is 528 g/mol. The van der Waals surface area contributed by atoms with Gasteiger partial charge < -0.3 is 10.6 Å². The topological polar surface area (TPSA) is 96.6 Å². The van der Waals surface area contributed by atoms with Gasteiger partial charge in [0.1, 0.15) is 0 Å². The van der Waals surface area contributed by atoms with Crippen molar-refractivity contribution < 1.29 is 21.6 Å². The Labute approximate surface area is 178 Å². The fourth-order valence-electron chi connectivity index (χ4n) is 2.24. The number of nitrogens with zero attached hydrogens (tertiary/aromatic N) is 1. The van der Waals surface area contributed by atoms with Crippen molar-refractivity contribution in [1.29, 1.82) is 0 Å². The zero-order valence-electron chi connectivity index (χ0n) is 14.8. The van der Waals surface area contributed by atoms with Gasteiger partial charge >= 0.3 is 6.18 Å². The molecule has 0 unspecified atom stereocenters. The quantitative estimate of drug-likeness (QED) is 0.316. The van der Waals surface area contributed by atoms with Gasteiger partial charge in [-0.05, 0) is 35.4 Å². The Balaban J connectivity index is 0.00000392. The summed E-state index contributed by atoms with van der Waals surface area (Å²) in [6.45, 7) is 0.561. The van der Waals surface area contributed by atoms with Crippen molar-refractivity contribution in [2.45, 2.75) is 24.2 Å². The van der Waals surface area contributed by atoms with Gasteiger partial charge in [-0.3, -0.25) is 4.99 Å². The van der Waals surface area contributed by atoms with Crippen LogP contribution in [0.3, 0.4) is 0 Å². The third kappa shape index (κ3) is 7.28. The van der Waals surface area contributed by atoms with Crippen LogP contribution >= 0.6 is 24.0 Å². The predicted octanol–water partition coefficient (Wildman–Crippen LogP) is 2.84. The van der Waals surface area contributed by atoms with Crippen LogP contribution in [0.25, 0.3) is 0 Å². The highest BCUT2D eigenvalue weighted by Gasteiger charge is 2.29. The summed E-state index contributed by atoms with van der Waals surface area (Å²) < 4.78 is 60.4. The zero-order valence-corrected chi connectivity index (χ0v) is 18.0. The van der Waals surface area contributed by atoms with Crippen molar-refractivity contribution in [3.05, 3.63) is 65.2 Å². The van der Waals surface area contributed by atoms with E-state index in [9.17, 15) is 21.6 Å². The largest absolute Gasteiger partial charge is 0.416 e. The van der Waals surface area contributed by atoms with Crippen molar-refractivity contribution in [2.24, 2.45) is 10.1 Å². The molecular formula is C17H20F3IN4O2S. The monoisotopic (exact) mass is 528 g/mol. The fraction of sp³-hybridized carbons (Fsp3) is 0.235. The fourth-order valence-corrected chi connectivity index (χ4v) is 2.82. The summed E-state index contributed by atoms with van der Waals surface area (Å²) >= 11 is 0. The molecule has 0 aliphatic carbocycles. The van der Waals surface area contributed by atoms with Gasteiger partial charge in [0.25, 0.3) is 0 Å². The van der Waals surface area contributed by atoms with E-state index in [0.717, 1.165) is 12.1 Å². The van der Waals surface area contributed by atoms with Gasteiger partial charge in [-0.15, -0.1) is 24.0 Å². The first-order valence-electron chi connectivity index (χ1n) is 7.82. The van der Waals surface area contributed by atoms with E-state index < -0.39 is 21.8 Å². The lowest BCUT2D eigenvalue weighted by Crippen LogP contribution is -2.36. The highest BCUT2D eigenvalue weighted by molar-refractivity contribution is 14.0. The van der Waals surface area contributed by atoms with Crippen LogP contribution in [0.5, 0.6) is 0 Å². The third-order valence-corrected chi connectivity index (χ3v) is 4.56. The third-order valence-electron chi connectivity index (χ3n) is 3.65. The Morgan fingerprint density at radius 2 is 1.61 bits per heavy atom. The van der Waals surface area contributed by atoms with Gasteiger partial charge in [0.05, 0.1) is 10.5 Å². The highest BCUT2D eigenvalue weighted by Crippen LogP contribution is 2.29. The minimum absolute atomic E-state index is 0. The lowest BCUT2D eigenvalue weighted by atomic mass is 10.1. The molecule has 0 bridgehead atoms. The summed E-state index contributed by atoms with van der Waals surface area (Å²) in [6, 6.07) is 11.0. The maximum absolute atomic E-state index is 12.6. The molecule has 0 aliphatic rings. The molecular weight excluding hydrogens is 508 g/mol. The van der Waals surface area contributed by atoms with E-state index in [1.807, 2.05) is 0 Å². The molecule has 154 valence electrons. The molecule has 2 aromatic rings. The van der Waals surface area contributed by atoms with Crippen molar-refractivity contribution in [3.8, 4) is 0 Å². The Morgan fingerprint density at radius 3 is 2.11 bits per heavy atom. The van der Waals surface area contributed by atoms with E-state index in [1.165, 1.54) is 24.3 Å². The van der Waals surface area contributed by atoms with Crippen LogP contribution in [-0.4, -0.2) is 21.4 Å². The Bertz CT molecular complexity index is 917. The highest BCUT2D eigenvalue weighted by atomic mass is 127. The Hall–Kier alpha value is -1.86. The second kappa shape index (κ2) is 10.1. The molecule has 0 radical (unpaired) electrons. The van der Waals surface area contributed by atoms with Gasteiger partial charge in [0.15, 0.2) is 5.96 Å². The number of benzene rings is 2. The minimum Gasteiger partial charge on any atom is -0.352 e. The smallest absolute Gasteiger partial charge is 0.352 e. The number of nitrogens with one attached hydrogen (secondary N) is 2. The lowest BCUT2D eigenvalue weighted by molar-refractivity contribution is -0.137. The molecule has 0 aliphatic heterocycles. The second-order valence-electron chi connectivity index (χ2n) is 5.67. The number of guanidine groups is 1. The first-order valence-corrected chi connectivity index (χ1v) is 9.36. The predicted molar refractivity (Wildman–Crippen MR) is 112 cm³/mol. The Kier molecular flexibility index (Phi) is 8.70. The molecule has 11 heteroatoms. The number of rotatable bonds is 5. The summed E-state index contributed by atoms with van der Waals surface area (Å²) in [4.78, 5) is 4.03. The van der Waals surface area contributed by atoms with Gasteiger partial charge in [-0.1, -0.05) is 24.3 Å². The molecule has 0 spiro atoms. The number of alkyl halides is 3. The lowest BCUT2D eigenvalue weighted by Gasteiger charge is -2.13. The van der Waals surface area contributed by atoms with Crippen LogP contribution in [0.2, 0.25) is 0 Å². The number of sulfonamides is 1. The number of halogens is 4. The van der Waals surface area contributed by atoms with Crippen LogP contribution in [-0.2, 0) is 29.3 Å². The molecule has 0 heterocycles. The molecule has 2 aromatic carbocycles. The van der Waals surface area contributed by atoms with E-state index in [2.05, 4.69) is 15.6 Å². The molecule has 0 amide bonds. The van der Waals surface area contributed by atoms with Crippen LogP contribution in [0.4, 0.5) is 13.2 Å². The van der Waals surface area contributed by atoms with Crippen molar-refractivity contribution in [3.63, 3.8) is 0 Å². The normalized spacial score (nSPS) is 12.2. The molecule has 28 heavy (non-hydrogen) atoms. The van der Waals surface area contributed by atoms with Crippen LogP contribution < -0.4 is 15.8 Å². The summed E-state index contributed by atoms with van der Waals surface area (Å²) in [5.74, 6) is 0.413. The maximum atomic E-state index is 12.6. The van der Waals surface area contributed by atoms with Crippen molar-refractivity contribution in [2.75, 3.05) is 7.05 Å². The van der Waals surface area contributed by atoms with E-state index in [1.54, 1.807) is 19.2 Å². The maximum Gasteiger partial charge on any atom is 0.416 e. The molecule has 0 aromatic heterocycles. The van der Waals surface area contributed by atoms with Gasteiger partial charge in [-0.2, -0.15) is 13.2 Å². The Morgan fingerprint density at radius 1 is 1.04 bits per heavy atom. The number of primary sulfonamides is 1. The zero-order chi connectivity index (χ0) is 20.1. The minimum atomic E-state index is -4.37. The molecule has 6 nitrogen and oxygen atoms in total. The van der Waals surface area contributed by atoms with Crippen molar-refractivity contribution >= 4 is 40.0 Å². The van der Waals surface area contributed by atoms with E-state index in [-0.39, 0.29) is 42.0 Å². The summed E-state index contributed by atoms with van der Waals surface area (Å²) in [5, 5.41) is 11.1. The number of hydrogen-bond donors (Lipinski definition) is 3. The van der Waals surface area contributed by atoms with Gasteiger partial charge in [0, 0.05) is 20.1 Å². The van der Waals surface area contributed by atoms with E-state index >= 15 is 0 Å². The molecule has 4 N–H and O–H groups in total. The summed E-state index contributed by atoms with van der Waals surface area (Å²) in [6.07, 6.45) is -4.37. The summed E-state index contributed by atoms with van der Waals surface area (Å²) in [5.41, 5.74) is 0.629. The van der Waals surface area contributed by atoms with E-state index in [0.29, 0.717) is 17.1 Å².